The molecule has 3 nitrogen and oxygen atoms in total. The Morgan fingerprint density at radius 3 is 2.61 bits per heavy atom. The van der Waals surface area contributed by atoms with Crippen molar-refractivity contribution in [3.05, 3.63) is 52.8 Å². The summed E-state index contributed by atoms with van der Waals surface area (Å²) >= 11 is 0. The maximum Gasteiger partial charge on any atom is 0.183 e. The van der Waals surface area contributed by atoms with E-state index in [1.165, 1.54) is 11.3 Å². The molecule has 1 aliphatic rings. The highest BCUT2D eigenvalue weighted by molar-refractivity contribution is 6.01. The minimum Gasteiger partial charge on any atom is -0.361 e. The molecule has 1 aromatic carbocycles. The average Bonchev–Trinajstić information content (AvgIpc) is 2.96. The molecule has 0 saturated carbocycles. The first-order valence-corrected chi connectivity index (χ1v) is 8.46. The van der Waals surface area contributed by atoms with E-state index in [1.807, 2.05) is 6.07 Å². The zero-order valence-corrected chi connectivity index (χ0v) is 14.8. The monoisotopic (exact) mass is 310 g/mol. The van der Waals surface area contributed by atoms with Gasteiger partial charge in [0.15, 0.2) is 5.78 Å². The molecule has 1 unspecified atom stereocenters. The summed E-state index contributed by atoms with van der Waals surface area (Å²) < 4.78 is 2.24. The molecular formula is C20H26N2O. The maximum atomic E-state index is 12.9. The van der Waals surface area contributed by atoms with Crippen molar-refractivity contribution in [2.24, 2.45) is 0 Å². The van der Waals surface area contributed by atoms with Gasteiger partial charge in [0.25, 0.3) is 0 Å². The van der Waals surface area contributed by atoms with Crippen LogP contribution < -0.4 is 4.90 Å². The number of carbonyl (C=O) groups excluding carboxylic acids is 1. The number of ketones is 1. The topological polar surface area (TPSA) is 25.2 Å². The predicted octanol–water partition coefficient (Wildman–Crippen LogP) is 4.32. The van der Waals surface area contributed by atoms with Crippen molar-refractivity contribution in [3.8, 4) is 0 Å². The molecule has 0 radical (unpaired) electrons. The fraction of sp³-hybridized carbons (Fsp3) is 0.450. The molecule has 0 spiro atoms. The van der Waals surface area contributed by atoms with Gasteiger partial charge in [-0.2, -0.15) is 0 Å². The molecule has 0 bridgehead atoms. The zero-order chi connectivity index (χ0) is 16.7. The summed E-state index contributed by atoms with van der Waals surface area (Å²) in [6.45, 7) is 11.1. The molecule has 3 rings (SSSR count). The molecule has 0 fully saturated rings. The quantitative estimate of drug-likeness (QED) is 0.786. The van der Waals surface area contributed by atoms with Crippen LogP contribution in [0.3, 0.4) is 0 Å². The molecule has 23 heavy (non-hydrogen) atoms. The number of aryl methyl sites for hydroxylation is 1. The van der Waals surface area contributed by atoms with Crippen molar-refractivity contribution in [1.82, 2.24) is 4.57 Å². The van der Waals surface area contributed by atoms with Crippen molar-refractivity contribution in [3.63, 3.8) is 0 Å². The average molecular weight is 310 g/mol. The predicted molar refractivity (Wildman–Crippen MR) is 95.6 cm³/mol. The molecule has 122 valence electrons. The highest BCUT2D eigenvalue weighted by Gasteiger charge is 2.28. The molecule has 0 N–H and O–H groups in total. The molecular weight excluding hydrogens is 284 g/mol. The molecule has 1 atom stereocenters. The first-order chi connectivity index (χ1) is 10.9. The Balaban J connectivity index is 1.87. The van der Waals surface area contributed by atoms with Gasteiger partial charge >= 0.3 is 0 Å². The second-order valence-corrected chi connectivity index (χ2v) is 6.98. The fourth-order valence-corrected chi connectivity index (χ4v) is 3.96. The molecule has 1 aliphatic heterocycles. The van der Waals surface area contributed by atoms with E-state index in [0.29, 0.717) is 18.6 Å². The van der Waals surface area contributed by atoms with Gasteiger partial charge in [0.05, 0.1) is 6.54 Å². The van der Waals surface area contributed by atoms with E-state index < -0.39 is 0 Å². The van der Waals surface area contributed by atoms with Gasteiger partial charge in [0.1, 0.15) is 0 Å². The maximum absolute atomic E-state index is 12.9. The van der Waals surface area contributed by atoms with E-state index in [2.05, 4.69) is 68.4 Å². The molecule has 0 amide bonds. The lowest BCUT2D eigenvalue weighted by atomic mass is 10.1. The number of benzene rings is 1. The molecule has 2 heterocycles. The number of Topliss-reactive ketones (excluding diaryl/α,β-unsaturated/α-hetero) is 1. The molecule has 3 heteroatoms. The summed E-state index contributed by atoms with van der Waals surface area (Å²) in [4.78, 5) is 15.2. The summed E-state index contributed by atoms with van der Waals surface area (Å²) in [5.41, 5.74) is 5.68. The lowest BCUT2D eigenvalue weighted by Crippen LogP contribution is -2.34. The van der Waals surface area contributed by atoms with Gasteiger partial charge in [-0.1, -0.05) is 18.2 Å². The van der Waals surface area contributed by atoms with Crippen LogP contribution in [0, 0.1) is 13.8 Å². The van der Waals surface area contributed by atoms with Crippen LogP contribution in [-0.2, 0) is 6.42 Å². The number of fused-ring (bicyclic) bond motifs is 1. The van der Waals surface area contributed by atoms with Gasteiger partial charge in [-0.25, -0.2) is 0 Å². The van der Waals surface area contributed by atoms with Crippen LogP contribution >= 0.6 is 0 Å². The van der Waals surface area contributed by atoms with Crippen molar-refractivity contribution < 1.29 is 4.79 Å². The summed E-state index contributed by atoms with van der Waals surface area (Å²) in [6.07, 6.45) is 1.02. The third-order valence-electron chi connectivity index (χ3n) is 4.96. The Bertz CT molecular complexity index is 742. The van der Waals surface area contributed by atoms with Crippen LogP contribution in [-0.4, -0.2) is 22.9 Å². The highest BCUT2D eigenvalue weighted by atomic mass is 16.1. The number of hydrogen-bond donors (Lipinski definition) is 0. The fourth-order valence-electron chi connectivity index (χ4n) is 3.96. The summed E-state index contributed by atoms with van der Waals surface area (Å²) in [7, 11) is 0. The number of rotatable bonds is 4. The van der Waals surface area contributed by atoms with Crippen LogP contribution in [0.15, 0.2) is 30.3 Å². The number of carbonyl (C=O) groups is 1. The first kappa shape index (κ1) is 15.9. The molecule has 0 saturated heterocycles. The zero-order valence-electron chi connectivity index (χ0n) is 14.8. The van der Waals surface area contributed by atoms with Gasteiger partial charge in [0.2, 0.25) is 0 Å². The Hall–Kier alpha value is -2.03. The van der Waals surface area contributed by atoms with E-state index in [0.717, 1.165) is 23.4 Å². The van der Waals surface area contributed by atoms with Crippen LogP contribution in [0.4, 0.5) is 5.69 Å². The van der Waals surface area contributed by atoms with Crippen LogP contribution in [0.25, 0.3) is 0 Å². The summed E-state index contributed by atoms with van der Waals surface area (Å²) in [5.74, 6) is 0.216. The van der Waals surface area contributed by atoms with Crippen LogP contribution in [0.5, 0.6) is 0 Å². The summed E-state index contributed by atoms with van der Waals surface area (Å²) in [5, 5.41) is 0. The van der Waals surface area contributed by atoms with Gasteiger partial charge in [-0.3, -0.25) is 4.79 Å². The highest BCUT2D eigenvalue weighted by Crippen LogP contribution is 2.32. The lowest BCUT2D eigenvalue weighted by Gasteiger charge is -2.24. The molecule has 2 aromatic rings. The molecule has 1 aromatic heterocycles. The van der Waals surface area contributed by atoms with Crippen LogP contribution in [0.2, 0.25) is 0 Å². The number of hydrogen-bond acceptors (Lipinski definition) is 2. The van der Waals surface area contributed by atoms with Gasteiger partial charge in [-0.05, 0) is 58.7 Å². The number of nitrogens with zero attached hydrogens (tertiary/aromatic N) is 2. The number of para-hydroxylation sites is 1. The number of aromatic nitrogens is 1. The lowest BCUT2D eigenvalue weighted by molar-refractivity contribution is 0.0997. The number of anilines is 1. The second kappa shape index (κ2) is 5.88. The molecule has 0 aliphatic carbocycles. The van der Waals surface area contributed by atoms with Gasteiger partial charge < -0.3 is 9.47 Å². The van der Waals surface area contributed by atoms with Gasteiger partial charge in [-0.15, -0.1) is 0 Å². The first-order valence-electron chi connectivity index (χ1n) is 8.46. The smallest absolute Gasteiger partial charge is 0.183 e. The summed E-state index contributed by atoms with van der Waals surface area (Å²) in [6, 6.07) is 11.2. The van der Waals surface area contributed by atoms with Crippen molar-refractivity contribution in [1.29, 1.82) is 0 Å². The largest absolute Gasteiger partial charge is 0.361 e. The normalized spacial score (nSPS) is 17.0. The minimum atomic E-state index is 0.216. The van der Waals surface area contributed by atoms with E-state index in [9.17, 15) is 4.79 Å². The van der Waals surface area contributed by atoms with E-state index in [1.54, 1.807) is 0 Å². The Labute approximate surface area is 138 Å². The van der Waals surface area contributed by atoms with Gasteiger partial charge in [0, 0.05) is 34.7 Å². The third kappa shape index (κ3) is 2.69. The van der Waals surface area contributed by atoms with E-state index >= 15 is 0 Å². The van der Waals surface area contributed by atoms with Crippen molar-refractivity contribution in [2.45, 2.75) is 53.1 Å². The minimum absolute atomic E-state index is 0.216. The van der Waals surface area contributed by atoms with E-state index in [-0.39, 0.29) is 5.78 Å². The SMILES string of the molecule is Cc1cc(C(=O)CN2c3ccccc3CC2C)c(C)n1C(C)C. The Kier molecular flexibility index (Phi) is 4.05. The standard InChI is InChI=1S/C20H26N2O/c1-13(2)22-15(4)11-18(16(22)5)20(23)12-21-14(3)10-17-8-6-7-9-19(17)21/h6-9,11,13-14H,10,12H2,1-5H3. The van der Waals surface area contributed by atoms with E-state index in [4.69, 9.17) is 0 Å². The Morgan fingerprint density at radius 1 is 1.26 bits per heavy atom. The Morgan fingerprint density at radius 2 is 1.96 bits per heavy atom. The van der Waals surface area contributed by atoms with Crippen molar-refractivity contribution >= 4 is 11.5 Å². The van der Waals surface area contributed by atoms with Crippen molar-refractivity contribution in [2.75, 3.05) is 11.4 Å². The van der Waals surface area contributed by atoms with Crippen LogP contribution in [0.1, 0.15) is 54.1 Å². The third-order valence-corrected chi connectivity index (χ3v) is 4.96. The second-order valence-electron chi connectivity index (χ2n) is 6.98.